The van der Waals surface area contributed by atoms with Gasteiger partial charge in [0.2, 0.25) is 0 Å². The molecule has 3 heterocycles. The number of aromatic amines is 1. The number of aryl methyl sites for hydroxylation is 1. The molecule has 4 rings (SSSR count). The van der Waals surface area contributed by atoms with Crippen molar-refractivity contribution in [2.45, 2.75) is 52.4 Å². The molecule has 1 saturated carbocycles. The molecule has 2 aliphatic rings. The summed E-state index contributed by atoms with van der Waals surface area (Å²) >= 11 is 0. The van der Waals surface area contributed by atoms with Gasteiger partial charge >= 0.3 is 0 Å². The second kappa shape index (κ2) is 13.9. The Morgan fingerprint density at radius 1 is 1.24 bits per heavy atom. The van der Waals surface area contributed by atoms with E-state index in [2.05, 4.69) is 68.8 Å². The van der Waals surface area contributed by atoms with Gasteiger partial charge in [-0.1, -0.05) is 25.1 Å². The molecule has 38 heavy (non-hydrogen) atoms. The molecule has 1 aliphatic carbocycles. The van der Waals surface area contributed by atoms with Gasteiger partial charge in [-0.05, 0) is 74.6 Å². The highest BCUT2D eigenvalue weighted by Gasteiger charge is 2.27. The number of pyridine rings is 1. The Hall–Kier alpha value is -3.52. The maximum Gasteiger partial charge on any atom is 0.149 e. The first-order valence-corrected chi connectivity index (χ1v) is 13.9. The summed E-state index contributed by atoms with van der Waals surface area (Å²) in [5.74, 6) is 2.59. The maximum absolute atomic E-state index is 6.49. The zero-order chi connectivity index (χ0) is 26.7. The van der Waals surface area contributed by atoms with Crippen LogP contribution in [0.25, 0.3) is 5.70 Å². The van der Waals surface area contributed by atoms with E-state index >= 15 is 0 Å². The number of anilines is 1. The minimum atomic E-state index is 0.490. The minimum Gasteiger partial charge on any atom is -0.385 e. The quantitative estimate of drug-likeness (QED) is 0.179. The Bertz CT molecular complexity index is 1140. The molecule has 8 nitrogen and oxygen atoms in total. The van der Waals surface area contributed by atoms with Crippen molar-refractivity contribution in [3.8, 4) is 0 Å². The van der Waals surface area contributed by atoms with Gasteiger partial charge in [0, 0.05) is 44.3 Å². The molecule has 0 unspecified atom stereocenters. The Morgan fingerprint density at radius 2 is 2.05 bits per heavy atom. The van der Waals surface area contributed by atoms with Crippen LogP contribution in [-0.4, -0.2) is 47.6 Å². The van der Waals surface area contributed by atoms with E-state index < -0.39 is 0 Å². The van der Waals surface area contributed by atoms with Crippen LogP contribution in [0, 0.1) is 11.8 Å². The number of nitrogens with zero attached hydrogens (tertiary/aromatic N) is 3. The standard InChI is InChI=1S/C30H43N7O/c1-4-6-9-25-24(5-2)18-26(36-25)28(32-3)29-30(31)34-16-17-37(29)19-22-11-13-23(14-12-22)20-38-21-35-27-10-7-8-15-33-27/h4,6-8,10,15-18,22-23,32,36H,5,9,11-14,19-21H2,1-3H3,(H2,31,34)(H,33,35)/b6-4-,29-28-. The lowest BCUT2D eigenvalue weighted by molar-refractivity contribution is 0.0871. The molecule has 204 valence electrons. The fourth-order valence-corrected chi connectivity index (χ4v) is 5.37. The zero-order valence-corrected chi connectivity index (χ0v) is 23.0. The van der Waals surface area contributed by atoms with Crippen molar-refractivity contribution in [1.82, 2.24) is 20.2 Å². The fourth-order valence-electron chi connectivity index (χ4n) is 5.37. The number of hydrogen-bond acceptors (Lipinski definition) is 7. The monoisotopic (exact) mass is 517 g/mol. The fraction of sp³-hybridized carbons (Fsp3) is 0.467. The van der Waals surface area contributed by atoms with Gasteiger partial charge in [0.15, 0.2) is 0 Å². The van der Waals surface area contributed by atoms with Gasteiger partial charge < -0.3 is 31.0 Å². The average molecular weight is 518 g/mol. The van der Waals surface area contributed by atoms with Gasteiger partial charge in [0.25, 0.3) is 0 Å². The molecular formula is C30H43N7O. The predicted molar refractivity (Wildman–Crippen MR) is 156 cm³/mol. The van der Waals surface area contributed by atoms with Crippen LogP contribution >= 0.6 is 0 Å². The van der Waals surface area contributed by atoms with Crippen LogP contribution in [0.3, 0.4) is 0 Å². The molecule has 0 atom stereocenters. The molecule has 0 saturated heterocycles. The molecule has 0 bridgehead atoms. The Labute approximate surface area is 227 Å². The number of allylic oxidation sites excluding steroid dienone is 2. The lowest BCUT2D eigenvalue weighted by Crippen LogP contribution is -2.37. The van der Waals surface area contributed by atoms with Crippen LogP contribution in [0.1, 0.15) is 56.5 Å². The van der Waals surface area contributed by atoms with E-state index in [4.69, 9.17) is 10.5 Å². The molecule has 2 aromatic rings. The number of nitrogens with two attached hydrogens (primary N) is 1. The number of amidine groups is 1. The molecule has 2 aromatic heterocycles. The van der Waals surface area contributed by atoms with Crippen LogP contribution < -0.4 is 16.4 Å². The number of aliphatic imine (C=N–C) groups is 1. The van der Waals surface area contributed by atoms with Crippen molar-refractivity contribution in [2.24, 2.45) is 22.6 Å². The van der Waals surface area contributed by atoms with Crippen molar-refractivity contribution >= 4 is 17.4 Å². The lowest BCUT2D eigenvalue weighted by atomic mass is 9.82. The Balaban J connectivity index is 1.36. The van der Waals surface area contributed by atoms with Crippen molar-refractivity contribution in [2.75, 3.05) is 32.2 Å². The molecular weight excluding hydrogens is 474 g/mol. The predicted octanol–water partition coefficient (Wildman–Crippen LogP) is 5.02. The number of nitrogens with one attached hydrogen (secondary N) is 3. The number of ether oxygens (including phenoxy) is 1. The highest BCUT2D eigenvalue weighted by molar-refractivity contribution is 6.03. The smallest absolute Gasteiger partial charge is 0.149 e. The molecule has 1 fully saturated rings. The first-order valence-electron chi connectivity index (χ1n) is 13.9. The summed E-state index contributed by atoms with van der Waals surface area (Å²) in [6, 6.07) is 8.07. The number of H-pyrrole nitrogens is 1. The first kappa shape index (κ1) is 27.5. The Morgan fingerprint density at radius 3 is 2.76 bits per heavy atom. The van der Waals surface area contributed by atoms with E-state index in [9.17, 15) is 0 Å². The van der Waals surface area contributed by atoms with Gasteiger partial charge in [-0.2, -0.15) is 0 Å². The summed E-state index contributed by atoms with van der Waals surface area (Å²) in [6.07, 6.45) is 16.5. The number of rotatable bonds is 12. The van der Waals surface area contributed by atoms with Crippen molar-refractivity contribution in [1.29, 1.82) is 0 Å². The van der Waals surface area contributed by atoms with Crippen molar-refractivity contribution in [3.05, 3.63) is 77.7 Å². The molecule has 8 heteroatoms. The maximum atomic E-state index is 6.49. The molecule has 0 aromatic carbocycles. The molecule has 5 N–H and O–H groups in total. The third-order valence-electron chi connectivity index (χ3n) is 7.47. The molecule has 0 radical (unpaired) electrons. The lowest BCUT2D eigenvalue weighted by Gasteiger charge is -2.34. The summed E-state index contributed by atoms with van der Waals surface area (Å²) in [4.78, 5) is 14.6. The van der Waals surface area contributed by atoms with E-state index in [0.29, 0.717) is 24.4 Å². The van der Waals surface area contributed by atoms with Gasteiger partial charge in [0.05, 0.1) is 18.0 Å². The first-order chi connectivity index (χ1) is 18.6. The van der Waals surface area contributed by atoms with Gasteiger partial charge in [-0.15, -0.1) is 0 Å². The topological polar surface area (TPSA) is 104 Å². The van der Waals surface area contributed by atoms with Gasteiger partial charge in [-0.3, -0.25) is 0 Å². The largest absolute Gasteiger partial charge is 0.385 e. The van der Waals surface area contributed by atoms with E-state index in [1.807, 2.05) is 31.4 Å². The van der Waals surface area contributed by atoms with E-state index in [1.165, 1.54) is 36.9 Å². The average Bonchev–Trinajstić information content (AvgIpc) is 3.36. The Kier molecular flexibility index (Phi) is 10.0. The zero-order valence-electron chi connectivity index (χ0n) is 23.0. The van der Waals surface area contributed by atoms with Crippen LogP contribution in [0.2, 0.25) is 0 Å². The van der Waals surface area contributed by atoms with Gasteiger partial charge in [0.1, 0.15) is 24.1 Å². The SMILES string of the molecule is C/C=C\Cc1[nH]c(/C(NC)=C2\C(N)=NC=CN2CC2CCC(COCNc3ccccn3)CC2)cc1CC. The summed E-state index contributed by atoms with van der Waals surface area (Å²) in [5.41, 5.74) is 12.0. The summed E-state index contributed by atoms with van der Waals surface area (Å²) < 4.78 is 5.91. The number of aromatic nitrogens is 2. The minimum absolute atomic E-state index is 0.490. The highest BCUT2D eigenvalue weighted by atomic mass is 16.5. The van der Waals surface area contributed by atoms with Crippen LogP contribution in [-0.2, 0) is 17.6 Å². The third-order valence-corrected chi connectivity index (χ3v) is 7.47. The van der Waals surface area contributed by atoms with E-state index in [0.717, 1.165) is 48.9 Å². The third kappa shape index (κ3) is 7.07. The second-order valence-electron chi connectivity index (χ2n) is 10.0. The highest BCUT2D eigenvalue weighted by Crippen LogP contribution is 2.32. The second-order valence-corrected chi connectivity index (χ2v) is 10.0. The molecule has 0 amide bonds. The molecule has 0 spiro atoms. The summed E-state index contributed by atoms with van der Waals surface area (Å²) in [7, 11) is 1.96. The summed E-state index contributed by atoms with van der Waals surface area (Å²) in [5, 5.41) is 6.64. The van der Waals surface area contributed by atoms with Crippen molar-refractivity contribution < 1.29 is 4.74 Å². The van der Waals surface area contributed by atoms with Crippen LogP contribution in [0.4, 0.5) is 5.82 Å². The van der Waals surface area contributed by atoms with Crippen LogP contribution in [0.15, 0.2) is 65.7 Å². The number of hydrogen-bond donors (Lipinski definition) is 4. The normalized spacial score (nSPS) is 21.0. The van der Waals surface area contributed by atoms with E-state index in [1.54, 1.807) is 6.20 Å². The van der Waals surface area contributed by atoms with Crippen molar-refractivity contribution in [3.63, 3.8) is 0 Å². The van der Waals surface area contributed by atoms with Crippen LogP contribution in [0.5, 0.6) is 0 Å². The summed E-state index contributed by atoms with van der Waals surface area (Å²) in [6.45, 7) is 6.45. The molecule has 1 aliphatic heterocycles. The van der Waals surface area contributed by atoms with Gasteiger partial charge in [-0.25, -0.2) is 9.98 Å². The van der Waals surface area contributed by atoms with E-state index in [-0.39, 0.29) is 0 Å².